The molecule has 96 valence electrons. The minimum atomic E-state index is -0.0544. The molecule has 0 aliphatic heterocycles. The first-order valence-corrected chi connectivity index (χ1v) is 7.03. The number of rotatable bonds is 4. The van der Waals surface area contributed by atoms with E-state index < -0.39 is 0 Å². The van der Waals surface area contributed by atoms with Gasteiger partial charge < -0.3 is 5.32 Å². The fraction of sp³-hybridized carbons (Fsp3) is 0.583. The molecule has 1 aliphatic carbocycles. The fourth-order valence-corrected chi connectivity index (χ4v) is 3.30. The third-order valence-corrected chi connectivity index (χ3v) is 4.27. The third kappa shape index (κ3) is 3.24. The zero-order valence-electron chi connectivity index (χ0n) is 10.2. The van der Waals surface area contributed by atoms with Gasteiger partial charge in [0.25, 0.3) is 5.91 Å². The molecule has 0 saturated heterocycles. The Morgan fingerprint density at radius 2 is 2.28 bits per heavy atom. The molecule has 1 N–H and O–H groups in total. The van der Waals surface area contributed by atoms with Crippen LogP contribution in [0.4, 0.5) is 0 Å². The van der Waals surface area contributed by atoms with Crippen molar-refractivity contribution in [2.24, 2.45) is 5.11 Å². The van der Waals surface area contributed by atoms with E-state index in [2.05, 4.69) is 15.3 Å². The highest BCUT2D eigenvalue weighted by Crippen LogP contribution is 2.28. The Morgan fingerprint density at radius 3 is 3.11 bits per heavy atom. The number of aryl methyl sites for hydroxylation is 2. The van der Waals surface area contributed by atoms with Crippen molar-refractivity contribution in [3.8, 4) is 0 Å². The van der Waals surface area contributed by atoms with Gasteiger partial charge in [-0.2, -0.15) is 0 Å². The first kappa shape index (κ1) is 12.9. The summed E-state index contributed by atoms with van der Waals surface area (Å²) in [5, 5.41) is 6.15. The summed E-state index contributed by atoms with van der Waals surface area (Å²) in [5.74, 6) is -0.0544. The van der Waals surface area contributed by atoms with Crippen LogP contribution in [0.25, 0.3) is 10.4 Å². The largest absolute Gasteiger partial charge is 0.351 e. The topological polar surface area (TPSA) is 77.9 Å². The van der Waals surface area contributed by atoms with E-state index in [1.807, 2.05) is 6.07 Å². The highest BCUT2D eigenvalue weighted by molar-refractivity contribution is 7.14. The molecule has 1 aliphatic rings. The van der Waals surface area contributed by atoms with Crippen molar-refractivity contribution < 1.29 is 4.79 Å². The Kier molecular flexibility index (Phi) is 4.61. The smallest absolute Gasteiger partial charge is 0.261 e. The number of thiophene rings is 1. The van der Waals surface area contributed by atoms with Crippen LogP contribution in [0.2, 0.25) is 0 Å². The van der Waals surface area contributed by atoms with Crippen molar-refractivity contribution in [2.75, 3.05) is 13.1 Å². The molecule has 0 bridgehead atoms. The highest BCUT2D eigenvalue weighted by Gasteiger charge is 2.15. The summed E-state index contributed by atoms with van der Waals surface area (Å²) in [6, 6.07) is 2.02. The van der Waals surface area contributed by atoms with Gasteiger partial charge in [-0.25, -0.2) is 0 Å². The zero-order valence-corrected chi connectivity index (χ0v) is 11.0. The van der Waals surface area contributed by atoms with Gasteiger partial charge in [-0.15, -0.1) is 11.3 Å². The number of fused-ring (bicyclic) bond motifs is 1. The lowest BCUT2D eigenvalue weighted by Crippen LogP contribution is -2.25. The zero-order chi connectivity index (χ0) is 12.8. The molecule has 18 heavy (non-hydrogen) atoms. The summed E-state index contributed by atoms with van der Waals surface area (Å²) >= 11 is 1.61. The summed E-state index contributed by atoms with van der Waals surface area (Å²) in [6.07, 6.45) is 5.94. The van der Waals surface area contributed by atoms with Crippen LogP contribution in [0, 0.1) is 0 Å². The van der Waals surface area contributed by atoms with Crippen LogP contribution >= 0.6 is 11.3 Å². The second-order valence-electron chi connectivity index (χ2n) is 4.33. The maximum absolute atomic E-state index is 11.9. The van der Waals surface area contributed by atoms with Crippen molar-refractivity contribution in [1.29, 1.82) is 0 Å². The van der Waals surface area contributed by atoms with E-state index in [0.29, 0.717) is 13.1 Å². The number of hydrogen-bond donors (Lipinski definition) is 1. The molecule has 5 nitrogen and oxygen atoms in total. The van der Waals surface area contributed by atoms with Gasteiger partial charge in [-0.05, 0) is 42.8 Å². The highest BCUT2D eigenvalue weighted by atomic mass is 32.1. The Hall–Kier alpha value is -1.52. The molecule has 0 atom stereocenters. The van der Waals surface area contributed by atoms with Crippen molar-refractivity contribution >= 4 is 17.2 Å². The molecule has 0 radical (unpaired) electrons. The number of nitrogens with zero attached hydrogens (tertiary/aromatic N) is 3. The van der Waals surface area contributed by atoms with Gasteiger partial charge in [0.15, 0.2) is 0 Å². The van der Waals surface area contributed by atoms with Crippen molar-refractivity contribution in [2.45, 2.75) is 32.1 Å². The number of amides is 1. The second-order valence-corrected chi connectivity index (χ2v) is 5.47. The standard InChI is InChI=1S/C12H16N4OS/c13-16-15-7-6-14-12(17)11-8-9-4-2-1-3-5-10(9)18-11/h8H,1-7H2,(H,14,17). The number of azide groups is 1. The Labute approximate surface area is 110 Å². The van der Waals surface area contributed by atoms with Crippen LogP contribution in [-0.4, -0.2) is 19.0 Å². The number of carbonyl (C=O) groups excluding carboxylic acids is 1. The summed E-state index contributed by atoms with van der Waals surface area (Å²) < 4.78 is 0. The second kappa shape index (κ2) is 6.42. The summed E-state index contributed by atoms with van der Waals surface area (Å²) in [7, 11) is 0. The van der Waals surface area contributed by atoms with Gasteiger partial charge in [-0.1, -0.05) is 11.5 Å². The van der Waals surface area contributed by atoms with Crippen LogP contribution in [0.1, 0.15) is 39.4 Å². The molecule has 0 saturated carbocycles. The maximum Gasteiger partial charge on any atom is 0.261 e. The minimum absolute atomic E-state index is 0.0544. The summed E-state index contributed by atoms with van der Waals surface area (Å²) in [6.45, 7) is 0.693. The fourth-order valence-electron chi connectivity index (χ4n) is 2.13. The van der Waals surface area contributed by atoms with Crippen molar-refractivity contribution in [3.05, 3.63) is 31.8 Å². The normalized spacial score (nSPS) is 14.2. The predicted molar refractivity (Wildman–Crippen MR) is 71.9 cm³/mol. The van der Waals surface area contributed by atoms with Gasteiger partial charge in [0.2, 0.25) is 0 Å². The Morgan fingerprint density at radius 1 is 1.44 bits per heavy atom. The predicted octanol–water partition coefficient (Wildman–Crippen LogP) is 3.06. The molecule has 1 heterocycles. The van der Waals surface area contributed by atoms with Gasteiger partial charge in [0.1, 0.15) is 0 Å². The maximum atomic E-state index is 11.9. The van der Waals surface area contributed by atoms with Crippen LogP contribution < -0.4 is 5.32 Å². The third-order valence-electron chi connectivity index (χ3n) is 3.03. The first-order chi connectivity index (χ1) is 8.81. The van der Waals surface area contributed by atoms with Gasteiger partial charge in [-0.3, -0.25) is 4.79 Å². The van der Waals surface area contributed by atoms with Crippen LogP contribution in [0.3, 0.4) is 0 Å². The van der Waals surface area contributed by atoms with Crippen LogP contribution in [0.5, 0.6) is 0 Å². The Balaban J connectivity index is 1.96. The minimum Gasteiger partial charge on any atom is -0.351 e. The molecule has 0 aromatic carbocycles. The molecule has 0 fully saturated rings. The summed E-state index contributed by atoms with van der Waals surface area (Å²) in [5.41, 5.74) is 9.48. The number of carbonyl (C=O) groups is 1. The molecule has 0 spiro atoms. The molecular formula is C12H16N4OS. The monoisotopic (exact) mass is 264 g/mol. The van der Waals surface area contributed by atoms with E-state index in [9.17, 15) is 4.79 Å². The molecule has 2 rings (SSSR count). The van der Waals surface area contributed by atoms with Crippen molar-refractivity contribution in [3.63, 3.8) is 0 Å². The lowest BCUT2D eigenvalue weighted by atomic mass is 10.1. The van der Waals surface area contributed by atoms with E-state index in [1.165, 1.54) is 29.7 Å². The molecular weight excluding hydrogens is 248 g/mol. The lowest BCUT2D eigenvalue weighted by molar-refractivity contribution is 0.0959. The number of nitrogens with one attached hydrogen (secondary N) is 1. The first-order valence-electron chi connectivity index (χ1n) is 6.22. The molecule has 1 aromatic rings. The van der Waals surface area contributed by atoms with E-state index in [-0.39, 0.29) is 5.91 Å². The Bertz CT molecular complexity index is 453. The van der Waals surface area contributed by atoms with Gasteiger partial charge in [0, 0.05) is 22.9 Å². The van der Waals surface area contributed by atoms with Gasteiger partial charge in [0.05, 0.1) is 4.88 Å². The summed E-state index contributed by atoms with van der Waals surface area (Å²) in [4.78, 5) is 16.7. The molecule has 1 aromatic heterocycles. The van der Waals surface area contributed by atoms with Crippen LogP contribution in [-0.2, 0) is 12.8 Å². The van der Waals surface area contributed by atoms with E-state index in [0.717, 1.165) is 17.7 Å². The van der Waals surface area contributed by atoms with E-state index >= 15 is 0 Å². The lowest BCUT2D eigenvalue weighted by Gasteiger charge is -1.99. The van der Waals surface area contributed by atoms with E-state index in [4.69, 9.17) is 5.53 Å². The average Bonchev–Trinajstić information content (AvgIpc) is 2.66. The quantitative estimate of drug-likeness (QED) is 0.293. The molecule has 6 heteroatoms. The molecule has 0 unspecified atom stereocenters. The van der Waals surface area contributed by atoms with Crippen molar-refractivity contribution in [1.82, 2.24) is 5.32 Å². The molecule has 1 amide bonds. The van der Waals surface area contributed by atoms with Crippen LogP contribution in [0.15, 0.2) is 11.2 Å². The number of hydrogen-bond acceptors (Lipinski definition) is 3. The van der Waals surface area contributed by atoms with Gasteiger partial charge >= 0.3 is 0 Å². The average molecular weight is 264 g/mol. The SMILES string of the molecule is [N-]=[N+]=NCCNC(=O)c1cc2c(s1)CCCCC2. The van der Waals surface area contributed by atoms with E-state index in [1.54, 1.807) is 11.3 Å².